The van der Waals surface area contributed by atoms with Gasteiger partial charge in [0.2, 0.25) is 0 Å². The minimum Gasteiger partial charge on any atom is -0.306 e. The normalized spacial score (nSPS) is 11.7. The van der Waals surface area contributed by atoms with Crippen LogP contribution in [0.15, 0.2) is 46.1 Å². The second-order valence-electron chi connectivity index (χ2n) is 4.52. The van der Waals surface area contributed by atoms with E-state index in [1.807, 2.05) is 0 Å². The molecule has 0 atom stereocenters. The molecule has 114 valence electrons. The number of aromatic amines is 2. The highest BCUT2D eigenvalue weighted by molar-refractivity contribution is 7.92. The van der Waals surface area contributed by atoms with E-state index in [2.05, 4.69) is 14.7 Å². The number of halogens is 2. The molecule has 3 aromatic rings. The van der Waals surface area contributed by atoms with E-state index in [1.54, 1.807) is 0 Å². The maximum Gasteiger partial charge on any atom is 0.323 e. The van der Waals surface area contributed by atoms with Crippen LogP contribution in [0.2, 0.25) is 10.0 Å². The molecule has 0 radical (unpaired) electrons. The number of imidazole rings is 1. The predicted octanol–water partition coefficient (Wildman–Crippen LogP) is 2.96. The van der Waals surface area contributed by atoms with Gasteiger partial charge in [0.05, 0.1) is 31.7 Å². The molecule has 9 heteroatoms. The average Bonchev–Trinajstić information content (AvgIpc) is 2.81. The molecule has 22 heavy (non-hydrogen) atoms. The van der Waals surface area contributed by atoms with Crippen molar-refractivity contribution in [3.63, 3.8) is 0 Å². The number of aromatic nitrogens is 2. The summed E-state index contributed by atoms with van der Waals surface area (Å²) in [7, 11) is -3.81. The molecule has 1 aromatic heterocycles. The summed E-state index contributed by atoms with van der Waals surface area (Å²) in [4.78, 5) is 16.3. The Kier molecular flexibility index (Phi) is 3.64. The Labute approximate surface area is 135 Å². The average molecular weight is 358 g/mol. The monoisotopic (exact) mass is 357 g/mol. The van der Waals surface area contributed by atoms with Crippen LogP contribution in [0.1, 0.15) is 0 Å². The molecule has 0 amide bonds. The Hall–Kier alpha value is -1.96. The summed E-state index contributed by atoms with van der Waals surface area (Å²) in [5.41, 5.74) is 0.819. The fraction of sp³-hybridized carbons (Fsp3) is 0. The number of fused-ring (bicyclic) bond motifs is 1. The lowest BCUT2D eigenvalue weighted by Gasteiger charge is -2.09. The zero-order chi connectivity index (χ0) is 15.9. The van der Waals surface area contributed by atoms with Gasteiger partial charge in [0.25, 0.3) is 10.0 Å². The molecule has 6 nitrogen and oxygen atoms in total. The van der Waals surface area contributed by atoms with Gasteiger partial charge < -0.3 is 9.97 Å². The van der Waals surface area contributed by atoms with Crippen molar-refractivity contribution in [2.45, 2.75) is 4.90 Å². The van der Waals surface area contributed by atoms with Gasteiger partial charge in [-0.2, -0.15) is 0 Å². The molecule has 0 unspecified atom stereocenters. The Morgan fingerprint density at radius 3 is 2.36 bits per heavy atom. The van der Waals surface area contributed by atoms with E-state index in [0.717, 1.165) is 0 Å². The second kappa shape index (κ2) is 5.35. The van der Waals surface area contributed by atoms with Gasteiger partial charge in [0, 0.05) is 0 Å². The van der Waals surface area contributed by atoms with Gasteiger partial charge in [-0.1, -0.05) is 23.2 Å². The number of sulfonamides is 1. The fourth-order valence-corrected chi connectivity index (χ4v) is 3.33. The van der Waals surface area contributed by atoms with Crippen molar-refractivity contribution in [2.24, 2.45) is 0 Å². The first-order chi connectivity index (χ1) is 10.3. The molecule has 2 aromatic carbocycles. The van der Waals surface area contributed by atoms with Crippen LogP contribution < -0.4 is 10.4 Å². The van der Waals surface area contributed by atoms with Crippen molar-refractivity contribution in [3.8, 4) is 0 Å². The lowest BCUT2D eigenvalue weighted by Crippen LogP contribution is -2.12. The number of hydrogen-bond donors (Lipinski definition) is 3. The first-order valence-electron chi connectivity index (χ1n) is 6.05. The molecule has 1 heterocycles. The van der Waals surface area contributed by atoms with E-state index in [9.17, 15) is 13.2 Å². The quantitative estimate of drug-likeness (QED) is 0.672. The van der Waals surface area contributed by atoms with Crippen molar-refractivity contribution in [3.05, 3.63) is 56.9 Å². The molecule has 0 aliphatic rings. The summed E-state index contributed by atoms with van der Waals surface area (Å²) in [6, 6.07) is 8.69. The Morgan fingerprint density at radius 1 is 0.909 bits per heavy atom. The van der Waals surface area contributed by atoms with Crippen LogP contribution in [0.25, 0.3) is 11.0 Å². The molecule has 0 fully saturated rings. The Balaban J connectivity index is 1.99. The molecule has 0 aliphatic heterocycles. The van der Waals surface area contributed by atoms with E-state index < -0.39 is 15.7 Å². The summed E-state index contributed by atoms with van der Waals surface area (Å²) < 4.78 is 27.1. The molecule has 0 bridgehead atoms. The molecule has 0 saturated carbocycles. The van der Waals surface area contributed by atoms with Gasteiger partial charge in [-0.05, 0) is 36.4 Å². The second-order valence-corrected chi connectivity index (χ2v) is 7.02. The van der Waals surface area contributed by atoms with E-state index in [4.69, 9.17) is 23.2 Å². The summed E-state index contributed by atoms with van der Waals surface area (Å²) in [6.45, 7) is 0. The fourth-order valence-electron chi connectivity index (χ4n) is 1.95. The van der Waals surface area contributed by atoms with Gasteiger partial charge in [-0.15, -0.1) is 0 Å². The van der Waals surface area contributed by atoms with E-state index in [1.165, 1.54) is 36.4 Å². The molecule has 0 aliphatic carbocycles. The maximum atomic E-state index is 12.4. The Bertz CT molecular complexity index is 1020. The number of nitrogens with one attached hydrogen (secondary N) is 3. The first-order valence-corrected chi connectivity index (χ1v) is 8.29. The highest BCUT2D eigenvalue weighted by Crippen LogP contribution is 2.26. The van der Waals surface area contributed by atoms with Crippen LogP contribution in [0.4, 0.5) is 5.69 Å². The predicted molar refractivity (Wildman–Crippen MR) is 86.2 cm³/mol. The van der Waals surface area contributed by atoms with Crippen molar-refractivity contribution in [1.82, 2.24) is 9.97 Å². The largest absolute Gasteiger partial charge is 0.323 e. The third-order valence-corrected chi connectivity index (χ3v) is 5.09. The van der Waals surface area contributed by atoms with Gasteiger partial charge in [-0.3, -0.25) is 4.72 Å². The summed E-state index contributed by atoms with van der Waals surface area (Å²) in [5.74, 6) is 0. The molecule has 3 N–H and O–H groups in total. The van der Waals surface area contributed by atoms with Gasteiger partial charge in [0.15, 0.2) is 0 Å². The number of hydrogen-bond acceptors (Lipinski definition) is 3. The molecule has 0 spiro atoms. The first kappa shape index (κ1) is 15.0. The Morgan fingerprint density at radius 2 is 1.64 bits per heavy atom. The van der Waals surface area contributed by atoms with Crippen LogP contribution in [-0.4, -0.2) is 18.4 Å². The summed E-state index contributed by atoms with van der Waals surface area (Å²) >= 11 is 11.6. The molecular formula is C13H9Cl2N3O3S. The maximum absolute atomic E-state index is 12.4. The third kappa shape index (κ3) is 2.83. The van der Waals surface area contributed by atoms with E-state index >= 15 is 0 Å². The topological polar surface area (TPSA) is 94.8 Å². The number of anilines is 1. The highest BCUT2D eigenvalue weighted by atomic mass is 35.5. The van der Waals surface area contributed by atoms with Gasteiger partial charge in [0.1, 0.15) is 0 Å². The van der Waals surface area contributed by atoms with Crippen molar-refractivity contribution < 1.29 is 8.42 Å². The van der Waals surface area contributed by atoms with Gasteiger partial charge >= 0.3 is 5.69 Å². The van der Waals surface area contributed by atoms with Gasteiger partial charge in [-0.25, -0.2) is 13.2 Å². The minimum absolute atomic E-state index is 0.0151. The van der Waals surface area contributed by atoms with Crippen molar-refractivity contribution >= 4 is 49.9 Å². The van der Waals surface area contributed by atoms with Crippen molar-refractivity contribution in [2.75, 3.05) is 4.72 Å². The number of rotatable bonds is 3. The standard InChI is InChI=1S/C13H9Cl2N3O3S/c14-9-3-1-7(5-10(9)15)18-22(20,21)8-2-4-11-12(6-8)17-13(19)16-11/h1-6,18H,(H2,16,17,19). The number of benzene rings is 2. The third-order valence-electron chi connectivity index (χ3n) is 2.97. The lowest BCUT2D eigenvalue weighted by atomic mass is 10.3. The van der Waals surface area contributed by atoms with Crippen LogP contribution >= 0.6 is 23.2 Å². The zero-order valence-corrected chi connectivity index (χ0v) is 13.2. The summed E-state index contributed by atoms with van der Waals surface area (Å²) in [5, 5.41) is 0.572. The minimum atomic E-state index is -3.81. The van der Waals surface area contributed by atoms with Crippen molar-refractivity contribution in [1.29, 1.82) is 0 Å². The molecule has 0 saturated heterocycles. The van der Waals surface area contributed by atoms with E-state index in [-0.39, 0.29) is 15.6 Å². The molecule has 3 rings (SSSR count). The molecular weight excluding hydrogens is 349 g/mol. The van der Waals surface area contributed by atoms with E-state index in [0.29, 0.717) is 16.1 Å². The smallest absolute Gasteiger partial charge is 0.306 e. The van der Waals surface area contributed by atoms with Crippen LogP contribution in [0, 0.1) is 0 Å². The highest BCUT2D eigenvalue weighted by Gasteiger charge is 2.16. The lowest BCUT2D eigenvalue weighted by molar-refractivity contribution is 0.601. The zero-order valence-electron chi connectivity index (χ0n) is 10.9. The van der Waals surface area contributed by atoms with Crippen LogP contribution in [0.3, 0.4) is 0 Å². The number of H-pyrrole nitrogens is 2. The van der Waals surface area contributed by atoms with Crippen LogP contribution in [0.5, 0.6) is 0 Å². The van der Waals surface area contributed by atoms with Crippen LogP contribution in [-0.2, 0) is 10.0 Å². The SMILES string of the molecule is O=c1[nH]c2ccc(S(=O)(=O)Nc3ccc(Cl)c(Cl)c3)cc2[nH]1. The summed E-state index contributed by atoms with van der Waals surface area (Å²) in [6.07, 6.45) is 0.